The normalized spacial score (nSPS) is 13.1. The number of benzene rings is 1. The molecule has 0 atom stereocenters. The molecule has 2 nitrogen and oxygen atoms in total. The molecule has 0 radical (unpaired) electrons. The third-order valence-electron chi connectivity index (χ3n) is 14.0. The maximum Gasteiger partial charge on any atom is 0.160 e. The molecule has 0 bridgehead atoms. The number of hydrogen-bond donors (Lipinski definition) is 0. The fourth-order valence-electron chi connectivity index (χ4n) is 10.0. The fourth-order valence-corrected chi connectivity index (χ4v) is 21.7. The van der Waals surface area contributed by atoms with Crippen molar-refractivity contribution < 1.29 is 9.59 Å². The second-order valence-corrected chi connectivity index (χ2v) is 31.7. The number of aldehydes is 2. The third kappa shape index (κ3) is 14.9. The molecule has 6 aromatic heterocycles. The van der Waals surface area contributed by atoms with E-state index in [0.717, 1.165) is 65.3 Å². The van der Waals surface area contributed by atoms with Gasteiger partial charge in [-0.2, -0.15) is 0 Å². The SMILES string of the molecule is CCCCCCc1ccc(CSC(SCc2ccc(CCCCCC)s2)=C2c3cc4c(cc3-c3sc(C=O)cc32)/C(=C(/SCc2ccc(CCCCCC)s2)Sc2ccc(CCCCCC)s2)c2cc(C=O)sc2-4)s1. The van der Waals surface area contributed by atoms with Crippen molar-refractivity contribution in [1.82, 2.24) is 0 Å². The predicted molar refractivity (Wildman–Crippen MR) is 344 cm³/mol. The lowest BCUT2D eigenvalue weighted by Crippen LogP contribution is -1.91. The third-order valence-corrected chi connectivity index (χ3v) is 26.4. The first-order chi connectivity index (χ1) is 36.9. The molecule has 0 fully saturated rings. The van der Waals surface area contributed by atoms with Gasteiger partial charge in [0.05, 0.1) is 18.2 Å². The molecule has 1 aromatic carbocycles. The number of hydrogen-bond acceptors (Lipinski definition) is 12. The Hall–Kier alpha value is -2.36. The van der Waals surface area contributed by atoms with Gasteiger partial charge in [0.2, 0.25) is 0 Å². The molecule has 7 aromatic rings. The summed E-state index contributed by atoms with van der Waals surface area (Å²) in [6.07, 6.45) is 27.1. The van der Waals surface area contributed by atoms with E-state index < -0.39 is 0 Å². The maximum atomic E-state index is 12.7. The van der Waals surface area contributed by atoms with E-state index in [9.17, 15) is 9.59 Å². The van der Waals surface area contributed by atoms with Crippen LogP contribution < -0.4 is 0 Å². The number of aryl methyl sites for hydroxylation is 4. The predicted octanol–water partition coefficient (Wildman–Crippen LogP) is 23.2. The molecule has 396 valence electrons. The number of rotatable bonds is 33. The summed E-state index contributed by atoms with van der Waals surface area (Å²) in [6, 6.07) is 28.1. The Kier molecular flexibility index (Phi) is 22.3. The van der Waals surface area contributed by atoms with Crippen molar-refractivity contribution in [2.75, 3.05) is 0 Å². The van der Waals surface area contributed by atoms with Crippen molar-refractivity contribution in [2.24, 2.45) is 0 Å². The van der Waals surface area contributed by atoms with Crippen LogP contribution in [0.15, 0.2) is 85.5 Å². The van der Waals surface area contributed by atoms with Crippen molar-refractivity contribution in [1.29, 1.82) is 0 Å². The molecule has 0 aliphatic heterocycles. The zero-order chi connectivity index (χ0) is 51.9. The number of carbonyl (C=O) groups is 2. The lowest BCUT2D eigenvalue weighted by atomic mass is 9.98. The van der Waals surface area contributed by atoms with Gasteiger partial charge in [0.25, 0.3) is 0 Å². The van der Waals surface area contributed by atoms with E-state index in [4.69, 9.17) is 0 Å². The van der Waals surface area contributed by atoms with Crippen molar-refractivity contribution in [3.63, 3.8) is 0 Å². The van der Waals surface area contributed by atoms with Gasteiger partial charge in [0.1, 0.15) is 0 Å². The smallest absolute Gasteiger partial charge is 0.160 e. The molecule has 0 unspecified atom stereocenters. The zero-order valence-corrected chi connectivity index (χ0v) is 52.4. The first kappa shape index (κ1) is 57.3. The number of carbonyl (C=O) groups excluding carboxylic acids is 2. The topological polar surface area (TPSA) is 34.1 Å². The Labute approximate surface area is 489 Å². The second-order valence-electron chi connectivity index (χ2n) is 19.8. The molecule has 0 saturated heterocycles. The van der Waals surface area contributed by atoms with Gasteiger partial charge in [-0.1, -0.05) is 117 Å². The van der Waals surface area contributed by atoms with Gasteiger partial charge in [-0.25, -0.2) is 0 Å². The Morgan fingerprint density at radius 1 is 0.373 bits per heavy atom. The van der Waals surface area contributed by atoms with Crippen molar-refractivity contribution >= 4 is 139 Å². The molecule has 6 heterocycles. The highest BCUT2D eigenvalue weighted by Gasteiger charge is 2.36. The van der Waals surface area contributed by atoms with E-state index >= 15 is 0 Å². The average Bonchev–Trinajstić information content (AvgIpc) is 4.31. The lowest BCUT2D eigenvalue weighted by Gasteiger charge is -2.15. The van der Waals surface area contributed by atoms with E-state index in [2.05, 4.69) is 100 Å². The van der Waals surface area contributed by atoms with Gasteiger partial charge in [-0.05, 0) is 135 Å². The van der Waals surface area contributed by atoms with Gasteiger partial charge in [-0.15, -0.1) is 103 Å². The molecular weight excluding hydrogens is 1110 g/mol. The number of fused-ring (bicyclic) bond motifs is 6. The fraction of sp³-hybridized carbons (Fsp3) is 0.429. The lowest BCUT2D eigenvalue weighted by molar-refractivity contribution is 0.111. The van der Waals surface area contributed by atoms with Gasteiger partial charge < -0.3 is 0 Å². The molecule has 2 aliphatic carbocycles. The van der Waals surface area contributed by atoms with Gasteiger partial charge in [0, 0.05) is 98.8 Å². The quantitative estimate of drug-likeness (QED) is 0.0232. The zero-order valence-electron chi connectivity index (χ0n) is 44.2. The molecule has 9 rings (SSSR count). The van der Waals surface area contributed by atoms with Crippen LogP contribution in [0.2, 0.25) is 0 Å². The minimum Gasteiger partial charge on any atom is -0.297 e. The van der Waals surface area contributed by atoms with E-state index in [0.29, 0.717) is 0 Å². The molecule has 0 amide bonds. The van der Waals surface area contributed by atoms with Crippen LogP contribution in [0.1, 0.15) is 206 Å². The van der Waals surface area contributed by atoms with Crippen LogP contribution in [0.5, 0.6) is 0 Å². The highest BCUT2D eigenvalue weighted by Crippen LogP contribution is 2.60. The van der Waals surface area contributed by atoms with Crippen LogP contribution in [0.4, 0.5) is 0 Å². The number of thioether (sulfide) groups is 4. The van der Waals surface area contributed by atoms with Crippen molar-refractivity contribution in [2.45, 2.75) is 178 Å². The molecule has 75 heavy (non-hydrogen) atoms. The van der Waals surface area contributed by atoms with E-state index in [1.807, 2.05) is 92.4 Å². The minimum absolute atomic E-state index is 0.771. The van der Waals surface area contributed by atoms with Crippen LogP contribution in [-0.2, 0) is 42.9 Å². The molecule has 0 N–H and O–H groups in total. The summed E-state index contributed by atoms with van der Waals surface area (Å²) < 4.78 is 3.94. The number of thiophene rings is 6. The van der Waals surface area contributed by atoms with Gasteiger partial charge in [0.15, 0.2) is 12.6 Å². The first-order valence-electron chi connectivity index (χ1n) is 27.6. The van der Waals surface area contributed by atoms with Gasteiger partial charge >= 0.3 is 0 Å². The summed E-state index contributed by atoms with van der Waals surface area (Å²) in [7, 11) is 0. The average molecular weight is 1180 g/mol. The standard InChI is InChI=1S/C63H72O2S10/c1-5-9-13-17-21-42-25-28-46(69-42)39-66-62(67-40-47-29-26-43(70-47)22-18-14-10-6-2)58-51-35-54-52(36-53(51)60-55(58)33-49(37-64)73-60)59(56-34-50(38-65)74-61(54)56)63(75-57-32-31-45(72-57)24-20-16-12-8-4)68-41-48-30-27-44(71-48)23-19-15-11-7-3/h25-38H,5-24,39-41H2,1-4H3/b63-59+. The molecule has 0 spiro atoms. The van der Waals surface area contributed by atoms with Crippen LogP contribution >= 0.6 is 115 Å². The van der Waals surface area contributed by atoms with Gasteiger partial charge in [-0.3, -0.25) is 9.59 Å². The summed E-state index contributed by atoms with van der Waals surface area (Å²) in [5, 5.41) is 0. The summed E-state index contributed by atoms with van der Waals surface area (Å²) in [6.45, 7) is 9.14. The van der Waals surface area contributed by atoms with E-state index in [1.54, 1.807) is 22.7 Å². The van der Waals surface area contributed by atoms with Crippen LogP contribution in [0.3, 0.4) is 0 Å². The Morgan fingerprint density at radius 3 is 1.13 bits per heavy atom. The summed E-state index contributed by atoms with van der Waals surface area (Å²) in [4.78, 5) is 39.6. The largest absolute Gasteiger partial charge is 0.297 e. The van der Waals surface area contributed by atoms with Crippen LogP contribution in [0, 0.1) is 0 Å². The Morgan fingerprint density at radius 2 is 0.733 bits per heavy atom. The Bertz CT molecular complexity index is 2990. The first-order valence-corrected chi connectivity index (χ1v) is 36.3. The highest BCUT2D eigenvalue weighted by molar-refractivity contribution is 8.23. The molecular formula is C63H72O2S10. The van der Waals surface area contributed by atoms with E-state index in [-0.39, 0.29) is 0 Å². The van der Waals surface area contributed by atoms with Crippen LogP contribution in [-0.4, -0.2) is 12.6 Å². The number of unbranched alkanes of at least 4 members (excludes halogenated alkanes) is 12. The molecule has 12 heteroatoms. The van der Waals surface area contributed by atoms with Crippen molar-refractivity contribution in [3.05, 3.63) is 147 Å². The second kappa shape index (κ2) is 29.2. The summed E-state index contributed by atoms with van der Waals surface area (Å²) >= 11 is 19.0. The van der Waals surface area contributed by atoms with Crippen molar-refractivity contribution in [3.8, 4) is 20.9 Å². The Balaban J connectivity index is 1.12. The monoisotopic (exact) mass is 1180 g/mol. The minimum atomic E-state index is 0.771. The highest BCUT2D eigenvalue weighted by atomic mass is 32.2. The van der Waals surface area contributed by atoms with E-state index in [1.165, 1.54) is 204 Å². The summed E-state index contributed by atoms with van der Waals surface area (Å²) in [5.74, 6) is 2.73. The molecule has 2 aliphatic rings. The maximum absolute atomic E-state index is 12.7. The van der Waals surface area contributed by atoms with Crippen LogP contribution in [0.25, 0.3) is 32.0 Å². The summed E-state index contributed by atoms with van der Waals surface area (Å²) in [5.41, 5.74) is 9.81. The molecule has 0 saturated carbocycles.